The summed E-state index contributed by atoms with van der Waals surface area (Å²) in [6.07, 6.45) is 3.38. The summed E-state index contributed by atoms with van der Waals surface area (Å²) in [6.45, 7) is 4.17. The van der Waals surface area contributed by atoms with Crippen LogP contribution in [0.15, 0.2) is 36.4 Å². The smallest absolute Gasteiger partial charge is 0.259 e. The maximum Gasteiger partial charge on any atom is 0.259 e. The molecule has 0 bridgehead atoms. The zero-order valence-electron chi connectivity index (χ0n) is 18.1. The molecule has 0 unspecified atom stereocenters. The number of amides is 2. The highest BCUT2D eigenvalue weighted by atomic mass is 16.2. The number of nitrogens with one attached hydrogen (secondary N) is 2. The van der Waals surface area contributed by atoms with Crippen LogP contribution in [0.5, 0.6) is 0 Å². The van der Waals surface area contributed by atoms with E-state index in [0.717, 1.165) is 77.1 Å². The third kappa shape index (κ3) is 2.17. The number of likely N-dealkylation sites (tertiary alicyclic amines) is 1. The van der Waals surface area contributed by atoms with Gasteiger partial charge >= 0.3 is 0 Å². The van der Waals surface area contributed by atoms with Gasteiger partial charge in [0, 0.05) is 40.2 Å². The largest absolute Gasteiger partial charge is 0.353 e. The number of nitrogens with zero attached hydrogens (tertiary/aromatic N) is 2. The van der Waals surface area contributed by atoms with Crippen molar-refractivity contribution in [2.24, 2.45) is 0 Å². The van der Waals surface area contributed by atoms with Crippen molar-refractivity contribution in [2.75, 3.05) is 13.1 Å². The molecule has 33 heavy (non-hydrogen) atoms. The van der Waals surface area contributed by atoms with Crippen LogP contribution < -0.4 is 5.32 Å². The summed E-state index contributed by atoms with van der Waals surface area (Å²) in [4.78, 5) is 32.3. The lowest BCUT2D eigenvalue weighted by atomic mass is 9.96. The van der Waals surface area contributed by atoms with E-state index in [1.54, 1.807) is 0 Å². The van der Waals surface area contributed by atoms with Crippen LogP contribution in [0.2, 0.25) is 0 Å². The molecule has 6 heteroatoms. The van der Waals surface area contributed by atoms with Gasteiger partial charge in [-0.3, -0.25) is 19.8 Å². The highest BCUT2D eigenvalue weighted by Gasteiger charge is 2.36. The summed E-state index contributed by atoms with van der Waals surface area (Å²) < 4.78 is 2.37. The topological polar surface area (TPSA) is 70.1 Å². The molecule has 3 aromatic carbocycles. The summed E-state index contributed by atoms with van der Waals surface area (Å²) >= 11 is 0. The molecule has 2 N–H and O–H groups in total. The van der Waals surface area contributed by atoms with Crippen LogP contribution >= 0.6 is 0 Å². The molecule has 8 rings (SSSR count). The molecular weight excluding hydrogens is 412 g/mol. The Labute approximate surface area is 189 Å². The first-order chi connectivity index (χ1) is 16.2. The minimum atomic E-state index is -0.292. The van der Waals surface area contributed by atoms with Crippen LogP contribution in [0, 0.1) is 0 Å². The fourth-order valence-corrected chi connectivity index (χ4v) is 6.36. The van der Waals surface area contributed by atoms with Gasteiger partial charge in [0.1, 0.15) is 0 Å². The molecule has 162 valence electrons. The Kier molecular flexibility index (Phi) is 3.26. The minimum Gasteiger partial charge on any atom is -0.353 e. The van der Waals surface area contributed by atoms with Gasteiger partial charge in [0.25, 0.3) is 11.8 Å². The average Bonchev–Trinajstić information content (AvgIpc) is 3.42. The molecule has 1 fully saturated rings. The summed E-state index contributed by atoms with van der Waals surface area (Å²) in [5.41, 5.74) is 7.89. The van der Waals surface area contributed by atoms with Crippen molar-refractivity contribution in [3.63, 3.8) is 0 Å². The van der Waals surface area contributed by atoms with Crippen molar-refractivity contribution in [1.29, 1.82) is 0 Å². The summed E-state index contributed by atoms with van der Waals surface area (Å²) in [7, 11) is 0. The first-order valence-electron chi connectivity index (χ1n) is 11.8. The third-order valence-corrected chi connectivity index (χ3v) is 7.88. The standard InChI is InChI=1S/C27H22N4O2/c32-26-21-19-16-8-7-14(13-30-9-3-10-30)12-18(16)28-23(19)25-20(22(21)27(33)29-26)17-6-1-4-15-5-2-11-31(25)24(15)17/h1,4,6-8,12,28H,2-3,5,9-11,13H2,(H,29,32,33). The Morgan fingerprint density at radius 1 is 0.848 bits per heavy atom. The van der Waals surface area contributed by atoms with Gasteiger partial charge < -0.3 is 9.55 Å². The molecule has 2 amide bonds. The molecule has 1 saturated heterocycles. The molecule has 0 radical (unpaired) electrons. The van der Waals surface area contributed by atoms with Crippen LogP contribution in [-0.2, 0) is 19.5 Å². The van der Waals surface area contributed by atoms with Gasteiger partial charge in [0.2, 0.25) is 0 Å². The van der Waals surface area contributed by atoms with Gasteiger partial charge in [-0.05, 0) is 49.5 Å². The van der Waals surface area contributed by atoms with E-state index in [1.807, 2.05) is 0 Å². The second-order valence-electron chi connectivity index (χ2n) is 9.71. The summed E-state index contributed by atoms with van der Waals surface area (Å²) in [5.74, 6) is -0.575. The summed E-state index contributed by atoms with van der Waals surface area (Å²) in [6, 6.07) is 12.9. The monoisotopic (exact) mass is 434 g/mol. The zero-order chi connectivity index (χ0) is 21.8. The number of carbonyl (C=O) groups excluding carboxylic acids is 2. The van der Waals surface area contributed by atoms with Crippen LogP contribution in [0.25, 0.3) is 43.6 Å². The van der Waals surface area contributed by atoms with Crippen molar-refractivity contribution in [3.8, 4) is 0 Å². The number of imide groups is 1. The number of hydrogen-bond donors (Lipinski definition) is 2. The van der Waals surface area contributed by atoms with Gasteiger partial charge in [0.05, 0.1) is 27.7 Å². The molecule has 5 aromatic rings. The molecule has 6 nitrogen and oxygen atoms in total. The van der Waals surface area contributed by atoms with Crippen molar-refractivity contribution in [1.82, 2.24) is 19.8 Å². The SMILES string of the molecule is O=C1NC(=O)c2c1c1c3ccc(CN4CCC4)cc3[nH]c1c1c2c2cccc3c2n1CCC3. The van der Waals surface area contributed by atoms with E-state index < -0.39 is 0 Å². The van der Waals surface area contributed by atoms with E-state index in [4.69, 9.17) is 0 Å². The molecule has 0 saturated carbocycles. The predicted molar refractivity (Wildman–Crippen MR) is 129 cm³/mol. The normalized spacial score (nSPS) is 17.9. The number of benzene rings is 3. The van der Waals surface area contributed by atoms with Crippen molar-refractivity contribution in [2.45, 2.75) is 32.4 Å². The van der Waals surface area contributed by atoms with Crippen LogP contribution in [0.1, 0.15) is 44.7 Å². The highest BCUT2D eigenvalue weighted by Crippen LogP contribution is 2.45. The predicted octanol–water partition coefficient (Wildman–Crippen LogP) is 4.46. The second-order valence-corrected chi connectivity index (χ2v) is 9.71. The molecule has 2 aromatic heterocycles. The lowest BCUT2D eigenvalue weighted by molar-refractivity contribution is 0.0880. The number of hydrogen-bond acceptors (Lipinski definition) is 3. The number of fused-ring (bicyclic) bond motifs is 10. The molecular formula is C27H22N4O2. The molecule has 5 heterocycles. The van der Waals surface area contributed by atoms with Gasteiger partial charge in [-0.25, -0.2) is 0 Å². The average molecular weight is 434 g/mol. The van der Waals surface area contributed by atoms with E-state index in [9.17, 15) is 9.59 Å². The van der Waals surface area contributed by atoms with Crippen molar-refractivity contribution >= 4 is 55.4 Å². The molecule has 3 aliphatic heterocycles. The molecule has 3 aliphatic rings. The maximum absolute atomic E-state index is 13.1. The van der Waals surface area contributed by atoms with E-state index in [2.05, 4.69) is 56.2 Å². The minimum absolute atomic E-state index is 0.283. The Hall–Kier alpha value is -3.64. The molecule has 0 aliphatic carbocycles. The van der Waals surface area contributed by atoms with Gasteiger partial charge in [-0.1, -0.05) is 30.3 Å². The highest BCUT2D eigenvalue weighted by molar-refractivity contribution is 6.39. The number of H-pyrrole nitrogens is 1. The number of aromatic nitrogens is 2. The number of aromatic amines is 1. The van der Waals surface area contributed by atoms with Gasteiger partial charge in [-0.2, -0.15) is 0 Å². The van der Waals surface area contributed by atoms with Gasteiger partial charge in [-0.15, -0.1) is 0 Å². The molecule has 0 spiro atoms. The second kappa shape index (κ2) is 6.02. The van der Waals surface area contributed by atoms with Crippen molar-refractivity contribution < 1.29 is 9.59 Å². The van der Waals surface area contributed by atoms with Crippen molar-refractivity contribution in [3.05, 3.63) is 58.7 Å². The van der Waals surface area contributed by atoms with E-state index in [1.165, 1.54) is 23.1 Å². The number of aryl methyl sites for hydroxylation is 2. The quantitative estimate of drug-likeness (QED) is 0.403. The summed E-state index contributed by atoms with van der Waals surface area (Å²) in [5, 5.41) is 6.45. The first kappa shape index (κ1) is 17.9. The zero-order valence-corrected chi connectivity index (χ0v) is 18.1. The van der Waals surface area contributed by atoms with E-state index >= 15 is 0 Å². The Morgan fingerprint density at radius 3 is 2.52 bits per heavy atom. The first-order valence-corrected chi connectivity index (χ1v) is 11.8. The third-order valence-electron chi connectivity index (χ3n) is 7.88. The lowest BCUT2D eigenvalue weighted by Gasteiger charge is -2.30. The fraction of sp³-hybridized carbons (Fsp3) is 0.259. The van der Waals surface area contributed by atoms with E-state index in [-0.39, 0.29) is 11.8 Å². The van der Waals surface area contributed by atoms with E-state index in [0.29, 0.717) is 11.1 Å². The maximum atomic E-state index is 13.1. The number of carbonyl (C=O) groups is 2. The van der Waals surface area contributed by atoms with Crippen LogP contribution in [0.3, 0.4) is 0 Å². The number of para-hydroxylation sites is 1. The van der Waals surface area contributed by atoms with Gasteiger partial charge in [0.15, 0.2) is 0 Å². The Balaban J connectivity index is 1.56. The lowest BCUT2D eigenvalue weighted by Crippen LogP contribution is -2.36. The van der Waals surface area contributed by atoms with Crippen LogP contribution in [0.4, 0.5) is 0 Å². The Bertz CT molecular complexity index is 1720. The Morgan fingerprint density at radius 2 is 1.70 bits per heavy atom. The fourth-order valence-electron chi connectivity index (χ4n) is 6.36. The molecule has 0 atom stereocenters. The van der Waals surface area contributed by atoms with Crippen LogP contribution in [-0.4, -0.2) is 39.4 Å². The number of rotatable bonds is 2.